The molecule has 1 fully saturated rings. The number of carbonyl (C=O) groups is 2. The molecule has 1 N–H and O–H groups in total. The van der Waals surface area contributed by atoms with Crippen molar-refractivity contribution in [3.63, 3.8) is 0 Å². The second-order valence-corrected chi connectivity index (χ2v) is 8.30. The van der Waals surface area contributed by atoms with E-state index in [1.54, 1.807) is 23.7 Å². The number of carboxylic acid groups (broad SMARTS) is 1. The molecule has 0 unspecified atom stereocenters. The molecule has 1 aliphatic heterocycles. The quantitative estimate of drug-likeness (QED) is 0.708. The predicted octanol–water partition coefficient (Wildman–Crippen LogP) is 4.35. The molecule has 0 saturated heterocycles. The van der Waals surface area contributed by atoms with Crippen molar-refractivity contribution < 1.29 is 14.7 Å². The van der Waals surface area contributed by atoms with Gasteiger partial charge in [-0.25, -0.2) is 9.48 Å². The first kappa shape index (κ1) is 18.6. The molecule has 0 radical (unpaired) electrons. The molecule has 5 rings (SSSR count). The maximum atomic E-state index is 13.4. The number of aromatic nitrogens is 2. The molecule has 2 heterocycles. The number of carbonyl (C=O) groups excluding carboxylic acids is 1. The summed E-state index contributed by atoms with van der Waals surface area (Å²) in [5, 5.41) is 13.4. The molecule has 0 atom stereocenters. The zero-order valence-electron chi connectivity index (χ0n) is 16.8. The predicted molar refractivity (Wildman–Crippen MR) is 114 cm³/mol. The minimum atomic E-state index is -1.00. The average Bonchev–Trinajstić information content (AvgIpc) is 3.47. The Balaban J connectivity index is 1.44. The van der Waals surface area contributed by atoms with E-state index >= 15 is 0 Å². The highest BCUT2D eigenvalue weighted by Crippen LogP contribution is 2.50. The van der Waals surface area contributed by atoms with Gasteiger partial charge in [0.1, 0.15) is 5.56 Å². The van der Waals surface area contributed by atoms with Gasteiger partial charge in [0.15, 0.2) is 0 Å². The number of nitrogens with zero attached hydrogens (tertiary/aromatic N) is 3. The lowest BCUT2D eigenvalue weighted by molar-refractivity contribution is 0.0696. The van der Waals surface area contributed by atoms with Crippen molar-refractivity contribution in [3.8, 4) is 5.69 Å². The first-order valence-corrected chi connectivity index (χ1v) is 10.3. The minimum Gasteiger partial charge on any atom is -0.478 e. The van der Waals surface area contributed by atoms with Crippen LogP contribution >= 0.6 is 0 Å². The van der Waals surface area contributed by atoms with Crippen molar-refractivity contribution in [2.75, 3.05) is 11.4 Å². The molecular formula is C24H23N3O3. The highest BCUT2D eigenvalue weighted by molar-refractivity contribution is 6.07. The molecule has 1 aliphatic carbocycles. The smallest absolute Gasteiger partial charge is 0.339 e. The molecule has 2 aromatic carbocycles. The molecular weight excluding hydrogens is 378 g/mol. The van der Waals surface area contributed by atoms with Crippen LogP contribution in [0.4, 0.5) is 5.69 Å². The molecule has 1 spiro atoms. The van der Waals surface area contributed by atoms with Crippen LogP contribution in [-0.4, -0.2) is 33.3 Å². The van der Waals surface area contributed by atoms with Crippen molar-refractivity contribution in [1.82, 2.24) is 9.78 Å². The third kappa shape index (κ3) is 2.75. The van der Waals surface area contributed by atoms with Crippen LogP contribution in [0.1, 0.15) is 57.7 Å². The normalized spacial score (nSPS) is 16.8. The molecule has 152 valence electrons. The summed E-state index contributed by atoms with van der Waals surface area (Å²) in [5.74, 6) is -1.000. The lowest BCUT2D eigenvalue weighted by Gasteiger charge is -2.24. The molecule has 0 bridgehead atoms. The van der Waals surface area contributed by atoms with Gasteiger partial charge < -0.3 is 10.0 Å². The molecule has 3 aromatic rings. The topological polar surface area (TPSA) is 75.4 Å². The summed E-state index contributed by atoms with van der Waals surface area (Å²) < 4.78 is 1.58. The Morgan fingerprint density at radius 1 is 1.03 bits per heavy atom. The molecule has 1 amide bonds. The SMILES string of the molecule is Cc1c(C(=O)O)cnn1-c1ccc(C(=O)N2CC3(CCCC3)c3ccccc32)cc1. The van der Waals surface area contributed by atoms with Gasteiger partial charge in [-0.3, -0.25) is 4.79 Å². The fraction of sp³-hybridized carbons (Fsp3) is 0.292. The molecule has 6 nitrogen and oxygen atoms in total. The van der Waals surface area contributed by atoms with Gasteiger partial charge in [-0.1, -0.05) is 31.0 Å². The molecule has 2 aliphatic rings. The Kier molecular flexibility index (Phi) is 4.24. The van der Waals surface area contributed by atoms with Crippen LogP contribution < -0.4 is 4.90 Å². The number of amides is 1. The van der Waals surface area contributed by atoms with E-state index in [0.29, 0.717) is 11.3 Å². The van der Waals surface area contributed by atoms with Crippen molar-refractivity contribution in [2.45, 2.75) is 38.0 Å². The number of aromatic carboxylic acids is 1. The third-order valence-corrected chi connectivity index (χ3v) is 6.63. The van der Waals surface area contributed by atoms with E-state index in [1.807, 2.05) is 23.1 Å². The Labute approximate surface area is 174 Å². The van der Waals surface area contributed by atoms with Crippen LogP contribution in [0.5, 0.6) is 0 Å². The molecule has 30 heavy (non-hydrogen) atoms. The lowest BCUT2D eigenvalue weighted by atomic mass is 9.81. The summed E-state index contributed by atoms with van der Waals surface area (Å²) >= 11 is 0. The fourth-order valence-corrected chi connectivity index (χ4v) is 5.07. The van der Waals surface area contributed by atoms with Gasteiger partial charge in [-0.05, 0) is 55.7 Å². The summed E-state index contributed by atoms with van der Waals surface area (Å²) in [7, 11) is 0. The standard InChI is InChI=1S/C24H23N3O3/c1-16-19(23(29)30)14-25-27(16)18-10-8-17(9-11-18)22(28)26-15-24(12-4-5-13-24)20-6-2-3-7-21(20)26/h2-3,6-11,14H,4-5,12-13,15H2,1H3,(H,29,30). The first-order valence-electron chi connectivity index (χ1n) is 10.3. The Morgan fingerprint density at radius 2 is 1.73 bits per heavy atom. The number of anilines is 1. The second kappa shape index (κ2) is 6.83. The monoisotopic (exact) mass is 401 g/mol. The number of para-hydroxylation sites is 1. The molecule has 1 aromatic heterocycles. The van der Waals surface area contributed by atoms with Crippen LogP contribution in [0.3, 0.4) is 0 Å². The van der Waals surface area contributed by atoms with E-state index in [4.69, 9.17) is 0 Å². The number of carboxylic acids is 1. The van der Waals surface area contributed by atoms with Crippen LogP contribution in [0, 0.1) is 6.92 Å². The van der Waals surface area contributed by atoms with Crippen LogP contribution in [0.2, 0.25) is 0 Å². The van der Waals surface area contributed by atoms with Crippen LogP contribution in [0.25, 0.3) is 5.69 Å². The third-order valence-electron chi connectivity index (χ3n) is 6.63. The molecule has 1 saturated carbocycles. The zero-order valence-corrected chi connectivity index (χ0v) is 16.8. The average molecular weight is 401 g/mol. The second-order valence-electron chi connectivity index (χ2n) is 8.30. The van der Waals surface area contributed by atoms with Gasteiger partial charge in [-0.15, -0.1) is 0 Å². The van der Waals surface area contributed by atoms with E-state index in [9.17, 15) is 14.7 Å². The number of hydrogen-bond acceptors (Lipinski definition) is 3. The number of benzene rings is 2. The van der Waals surface area contributed by atoms with Gasteiger partial charge in [0, 0.05) is 23.2 Å². The highest BCUT2D eigenvalue weighted by atomic mass is 16.4. The maximum absolute atomic E-state index is 13.4. The number of hydrogen-bond donors (Lipinski definition) is 1. The maximum Gasteiger partial charge on any atom is 0.339 e. The van der Waals surface area contributed by atoms with E-state index in [0.717, 1.165) is 30.8 Å². The minimum absolute atomic E-state index is 0.00110. The van der Waals surface area contributed by atoms with Crippen molar-refractivity contribution >= 4 is 17.6 Å². The summed E-state index contributed by atoms with van der Waals surface area (Å²) in [5.41, 5.74) is 4.51. The summed E-state index contributed by atoms with van der Waals surface area (Å²) in [6.45, 7) is 2.46. The van der Waals surface area contributed by atoms with Crippen molar-refractivity contribution in [1.29, 1.82) is 0 Å². The fourth-order valence-electron chi connectivity index (χ4n) is 5.07. The van der Waals surface area contributed by atoms with Crippen molar-refractivity contribution in [3.05, 3.63) is 77.1 Å². The Morgan fingerprint density at radius 3 is 2.40 bits per heavy atom. The summed E-state index contributed by atoms with van der Waals surface area (Å²) in [6.07, 6.45) is 6.05. The van der Waals surface area contributed by atoms with Crippen LogP contribution in [0.15, 0.2) is 54.7 Å². The molecule has 6 heteroatoms. The van der Waals surface area contributed by atoms with E-state index < -0.39 is 5.97 Å². The van der Waals surface area contributed by atoms with E-state index in [1.165, 1.54) is 24.6 Å². The number of fused-ring (bicyclic) bond motifs is 2. The summed E-state index contributed by atoms with van der Waals surface area (Å²) in [4.78, 5) is 26.6. The Hall–Kier alpha value is -3.41. The zero-order chi connectivity index (χ0) is 20.9. The first-order chi connectivity index (χ1) is 14.5. The highest BCUT2D eigenvalue weighted by Gasteiger charge is 2.46. The van der Waals surface area contributed by atoms with E-state index in [2.05, 4.69) is 23.3 Å². The van der Waals surface area contributed by atoms with Crippen LogP contribution in [-0.2, 0) is 5.41 Å². The Bertz CT molecular complexity index is 1140. The van der Waals surface area contributed by atoms with Gasteiger partial charge in [0.05, 0.1) is 17.6 Å². The largest absolute Gasteiger partial charge is 0.478 e. The number of rotatable bonds is 3. The lowest BCUT2D eigenvalue weighted by Crippen LogP contribution is -2.35. The van der Waals surface area contributed by atoms with Gasteiger partial charge in [0.2, 0.25) is 0 Å². The van der Waals surface area contributed by atoms with Gasteiger partial charge >= 0.3 is 5.97 Å². The summed E-state index contributed by atoms with van der Waals surface area (Å²) in [6, 6.07) is 15.5. The van der Waals surface area contributed by atoms with E-state index in [-0.39, 0.29) is 16.9 Å². The van der Waals surface area contributed by atoms with Gasteiger partial charge in [-0.2, -0.15) is 5.10 Å². The van der Waals surface area contributed by atoms with Crippen molar-refractivity contribution in [2.24, 2.45) is 0 Å². The van der Waals surface area contributed by atoms with Gasteiger partial charge in [0.25, 0.3) is 5.91 Å².